The number of para-hydroxylation sites is 1. The van der Waals surface area contributed by atoms with Crippen LogP contribution in [0.1, 0.15) is 23.1 Å². The van der Waals surface area contributed by atoms with Crippen LogP contribution < -0.4 is 16.2 Å². The first kappa shape index (κ1) is 18.7. The number of fused-ring (bicyclic) bond motifs is 2. The molecule has 0 atom stereocenters. The largest absolute Gasteiger partial charge is 0.496 e. The summed E-state index contributed by atoms with van der Waals surface area (Å²) in [7, 11) is 1.61. The number of nitrogen functional groups attached to an aromatic ring is 1. The van der Waals surface area contributed by atoms with Crippen molar-refractivity contribution < 1.29 is 9.15 Å². The van der Waals surface area contributed by atoms with Gasteiger partial charge in [0.1, 0.15) is 11.3 Å². The lowest BCUT2D eigenvalue weighted by Gasteiger charge is -2.09. The van der Waals surface area contributed by atoms with E-state index in [1.807, 2.05) is 30.3 Å². The quantitative estimate of drug-likeness (QED) is 0.300. The van der Waals surface area contributed by atoms with Crippen molar-refractivity contribution in [3.05, 3.63) is 69.6 Å². The minimum Gasteiger partial charge on any atom is -0.496 e. The number of hydrogen-bond donors (Lipinski definition) is 1. The molecule has 152 valence electrons. The number of nitrogens with zero attached hydrogens (tertiary/aromatic N) is 3. The molecular formula is C22H20N4O3S. The van der Waals surface area contributed by atoms with Crippen LogP contribution in [-0.4, -0.2) is 22.0 Å². The van der Waals surface area contributed by atoms with Crippen LogP contribution in [0.25, 0.3) is 22.4 Å². The topological polar surface area (TPSA) is 96.2 Å². The van der Waals surface area contributed by atoms with Crippen molar-refractivity contribution in [2.24, 2.45) is 0 Å². The number of rotatable bonds is 5. The summed E-state index contributed by atoms with van der Waals surface area (Å²) in [6.45, 7) is 0. The van der Waals surface area contributed by atoms with Crippen LogP contribution in [0.3, 0.4) is 0 Å². The van der Waals surface area contributed by atoms with Crippen molar-refractivity contribution in [1.29, 1.82) is 0 Å². The van der Waals surface area contributed by atoms with Gasteiger partial charge >= 0.3 is 5.63 Å². The van der Waals surface area contributed by atoms with E-state index in [4.69, 9.17) is 15.0 Å². The van der Waals surface area contributed by atoms with Gasteiger partial charge in [0.2, 0.25) is 5.16 Å². The number of ether oxygens (including phenoxy) is 1. The predicted octanol–water partition coefficient (Wildman–Crippen LogP) is 3.55. The lowest BCUT2D eigenvalue weighted by molar-refractivity contribution is 0.416. The molecule has 2 N–H and O–H groups in total. The predicted molar refractivity (Wildman–Crippen MR) is 116 cm³/mol. The average Bonchev–Trinajstić information content (AvgIpc) is 3.36. The fourth-order valence-electron chi connectivity index (χ4n) is 3.94. The van der Waals surface area contributed by atoms with Gasteiger partial charge in [-0.1, -0.05) is 23.9 Å². The number of aryl methyl sites for hydroxylation is 2. The van der Waals surface area contributed by atoms with Gasteiger partial charge in [0, 0.05) is 17.2 Å². The SMILES string of the molecule is COc1ccccc1-c1nnc(SCc2cc(=O)oc3cc4c(cc23)CCC4)n1N. The Bertz CT molecular complexity index is 1310. The zero-order valence-corrected chi connectivity index (χ0v) is 17.2. The molecule has 0 aliphatic heterocycles. The minimum absolute atomic E-state index is 0.347. The van der Waals surface area contributed by atoms with Crippen LogP contribution in [0.5, 0.6) is 5.75 Å². The zero-order valence-electron chi connectivity index (χ0n) is 16.4. The van der Waals surface area contributed by atoms with Gasteiger partial charge in [0.15, 0.2) is 5.82 Å². The summed E-state index contributed by atoms with van der Waals surface area (Å²) in [6.07, 6.45) is 3.24. The normalized spacial score (nSPS) is 13.0. The maximum absolute atomic E-state index is 12.1. The Morgan fingerprint density at radius 1 is 1.17 bits per heavy atom. The second-order valence-electron chi connectivity index (χ2n) is 7.23. The van der Waals surface area contributed by atoms with Crippen molar-refractivity contribution in [3.63, 3.8) is 0 Å². The van der Waals surface area contributed by atoms with Crippen LogP contribution in [0, 0.1) is 0 Å². The summed E-state index contributed by atoms with van der Waals surface area (Å²) in [5, 5.41) is 10.0. The first-order chi connectivity index (χ1) is 14.6. The Labute approximate surface area is 176 Å². The maximum Gasteiger partial charge on any atom is 0.336 e. The van der Waals surface area contributed by atoms with Crippen LogP contribution in [-0.2, 0) is 18.6 Å². The van der Waals surface area contributed by atoms with Crippen LogP contribution >= 0.6 is 11.8 Å². The summed E-state index contributed by atoms with van der Waals surface area (Å²) in [4.78, 5) is 12.1. The Balaban J connectivity index is 1.47. The molecule has 0 amide bonds. The molecule has 2 heterocycles. The van der Waals surface area contributed by atoms with Gasteiger partial charge in [-0.2, -0.15) is 0 Å². The maximum atomic E-state index is 12.1. The third-order valence-electron chi connectivity index (χ3n) is 5.41. The number of methoxy groups -OCH3 is 1. The van der Waals surface area contributed by atoms with Crippen molar-refractivity contribution in [2.45, 2.75) is 30.2 Å². The lowest BCUT2D eigenvalue weighted by Crippen LogP contribution is -2.12. The van der Waals surface area contributed by atoms with Crippen molar-refractivity contribution in [2.75, 3.05) is 13.0 Å². The molecule has 0 fully saturated rings. The minimum atomic E-state index is -0.347. The fourth-order valence-corrected chi connectivity index (χ4v) is 4.79. The monoisotopic (exact) mass is 420 g/mol. The highest BCUT2D eigenvalue weighted by Crippen LogP contribution is 2.33. The van der Waals surface area contributed by atoms with E-state index in [1.54, 1.807) is 13.2 Å². The highest BCUT2D eigenvalue weighted by molar-refractivity contribution is 7.98. The summed E-state index contributed by atoms with van der Waals surface area (Å²) in [5.74, 6) is 8.00. The first-order valence-electron chi connectivity index (χ1n) is 9.69. The second-order valence-corrected chi connectivity index (χ2v) is 8.17. The third-order valence-corrected chi connectivity index (χ3v) is 6.40. The van der Waals surface area contributed by atoms with Gasteiger partial charge in [-0.15, -0.1) is 10.2 Å². The number of thioether (sulfide) groups is 1. The third kappa shape index (κ3) is 3.23. The van der Waals surface area contributed by atoms with Gasteiger partial charge in [0.25, 0.3) is 0 Å². The summed E-state index contributed by atoms with van der Waals surface area (Å²) >= 11 is 1.43. The molecule has 0 bridgehead atoms. The van der Waals surface area contributed by atoms with Gasteiger partial charge < -0.3 is 15.0 Å². The van der Waals surface area contributed by atoms with Gasteiger partial charge in [-0.05, 0) is 60.2 Å². The Hall–Kier alpha value is -3.26. The van der Waals surface area contributed by atoms with Crippen molar-refractivity contribution in [1.82, 2.24) is 14.9 Å². The number of nitrogens with two attached hydrogens (primary N) is 1. The standard InChI is InChI=1S/C22H20N4O3S/c1-28-18-8-3-2-7-16(18)21-24-25-22(26(21)23)30-12-15-11-20(27)29-19-10-14-6-4-5-13(14)9-17(15)19/h2-3,7-11H,4-6,12,23H2,1H3. The lowest BCUT2D eigenvalue weighted by atomic mass is 10.0. The molecule has 30 heavy (non-hydrogen) atoms. The number of aromatic nitrogens is 3. The summed E-state index contributed by atoms with van der Waals surface area (Å²) < 4.78 is 12.3. The highest BCUT2D eigenvalue weighted by atomic mass is 32.2. The zero-order chi connectivity index (χ0) is 20.7. The molecule has 7 nitrogen and oxygen atoms in total. The molecule has 2 aromatic carbocycles. The Kier molecular flexibility index (Phi) is 4.71. The highest BCUT2D eigenvalue weighted by Gasteiger charge is 2.18. The Morgan fingerprint density at radius 2 is 1.97 bits per heavy atom. The molecule has 8 heteroatoms. The van der Waals surface area contributed by atoms with Crippen LogP contribution in [0.4, 0.5) is 0 Å². The molecule has 5 rings (SSSR count). The molecule has 1 aliphatic carbocycles. The van der Waals surface area contributed by atoms with E-state index in [9.17, 15) is 4.79 Å². The van der Waals surface area contributed by atoms with E-state index in [2.05, 4.69) is 16.3 Å². The van der Waals surface area contributed by atoms with E-state index < -0.39 is 0 Å². The number of hydrogen-bond acceptors (Lipinski definition) is 7. The summed E-state index contributed by atoms with van der Waals surface area (Å²) in [6, 6.07) is 13.2. The van der Waals surface area contributed by atoms with E-state index in [-0.39, 0.29) is 5.63 Å². The second kappa shape index (κ2) is 7.53. The molecule has 2 aromatic heterocycles. The van der Waals surface area contributed by atoms with Crippen LogP contribution in [0.2, 0.25) is 0 Å². The smallest absolute Gasteiger partial charge is 0.336 e. The van der Waals surface area contributed by atoms with Gasteiger partial charge in [0.05, 0.1) is 12.7 Å². The average molecular weight is 420 g/mol. The van der Waals surface area contributed by atoms with E-state index >= 15 is 0 Å². The van der Waals surface area contributed by atoms with Crippen molar-refractivity contribution >= 4 is 22.7 Å². The van der Waals surface area contributed by atoms with E-state index in [0.717, 1.165) is 35.8 Å². The van der Waals surface area contributed by atoms with Crippen molar-refractivity contribution in [3.8, 4) is 17.1 Å². The molecular weight excluding hydrogens is 400 g/mol. The van der Waals surface area contributed by atoms with Gasteiger partial charge in [-0.25, -0.2) is 9.47 Å². The molecule has 4 aromatic rings. The number of benzene rings is 2. The first-order valence-corrected chi connectivity index (χ1v) is 10.7. The van der Waals surface area contributed by atoms with Gasteiger partial charge in [-0.3, -0.25) is 0 Å². The molecule has 0 saturated carbocycles. The molecule has 0 unspecified atom stereocenters. The fraction of sp³-hybridized carbons (Fsp3) is 0.227. The Morgan fingerprint density at radius 3 is 2.80 bits per heavy atom. The molecule has 0 saturated heterocycles. The van der Waals surface area contributed by atoms with Crippen LogP contribution in [0.15, 0.2) is 56.8 Å². The molecule has 0 spiro atoms. The molecule has 1 aliphatic rings. The van der Waals surface area contributed by atoms with E-state index in [0.29, 0.717) is 28.1 Å². The molecule has 0 radical (unpaired) electrons. The van der Waals surface area contributed by atoms with E-state index in [1.165, 1.54) is 27.6 Å². The summed E-state index contributed by atoms with van der Waals surface area (Å²) in [5.41, 5.74) is 4.58.